The number of ether oxygens (including phenoxy) is 1. The summed E-state index contributed by atoms with van der Waals surface area (Å²) in [5.74, 6) is -0.508. The summed E-state index contributed by atoms with van der Waals surface area (Å²) in [6.45, 7) is 5.87. The Labute approximate surface area is 203 Å². The van der Waals surface area contributed by atoms with Gasteiger partial charge in [0.25, 0.3) is 11.6 Å². The van der Waals surface area contributed by atoms with Crippen LogP contribution in [0.15, 0.2) is 42.5 Å². The van der Waals surface area contributed by atoms with E-state index in [1.54, 1.807) is 12.1 Å². The summed E-state index contributed by atoms with van der Waals surface area (Å²) in [5, 5.41) is 17.6. The molecule has 34 heavy (non-hydrogen) atoms. The SMILES string of the molecule is CN1CCN(c2ccccc2NC(=S)NC(=O)c2ccc(N3CCOCC3)c([N+](=O)[O-])c2)CC1. The number of carbonyl (C=O) groups is 1. The minimum absolute atomic E-state index is 0.117. The number of nitrogens with zero attached hydrogens (tertiary/aromatic N) is 4. The average Bonchev–Trinajstić information content (AvgIpc) is 2.85. The molecule has 2 aliphatic rings. The quantitative estimate of drug-likeness (QED) is 0.376. The number of likely N-dealkylation sites (N-methyl/N-ethyl adjacent to an activating group) is 1. The first-order chi connectivity index (χ1) is 16.4. The van der Waals surface area contributed by atoms with E-state index in [1.807, 2.05) is 29.2 Å². The average molecular weight is 485 g/mol. The summed E-state index contributed by atoms with van der Waals surface area (Å²) in [5.41, 5.74) is 2.34. The Balaban J connectivity index is 1.45. The van der Waals surface area contributed by atoms with Gasteiger partial charge in [-0.05, 0) is 43.5 Å². The molecule has 0 aromatic heterocycles. The number of anilines is 3. The number of piperazine rings is 1. The highest BCUT2D eigenvalue weighted by atomic mass is 32.1. The van der Waals surface area contributed by atoms with Crippen LogP contribution < -0.4 is 20.4 Å². The van der Waals surface area contributed by atoms with Crippen molar-refractivity contribution in [1.82, 2.24) is 10.2 Å². The van der Waals surface area contributed by atoms with Crippen LogP contribution in [0, 0.1) is 10.1 Å². The van der Waals surface area contributed by atoms with Crippen LogP contribution in [0.4, 0.5) is 22.7 Å². The second-order valence-electron chi connectivity index (χ2n) is 8.28. The van der Waals surface area contributed by atoms with Gasteiger partial charge in [-0.15, -0.1) is 0 Å². The molecule has 2 heterocycles. The van der Waals surface area contributed by atoms with Crippen LogP contribution in [0.2, 0.25) is 0 Å². The fourth-order valence-electron chi connectivity index (χ4n) is 4.11. The molecular weight excluding hydrogens is 456 g/mol. The number of nitrogens with one attached hydrogen (secondary N) is 2. The van der Waals surface area contributed by atoms with E-state index >= 15 is 0 Å². The van der Waals surface area contributed by atoms with Crippen molar-refractivity contribution in [3.63, 3.8) is 0 Å². The van der Waals surface area contributed by atoms with Gasteiger partial charge in [-0.25, -0.2) is 0 Å². The molecule has 0 aliphatic carbocycles. The van der Waals surface area contributed by atoms with E-state index in [-0.39, 0.29) is 16.4 Å². The van der Waals surface area contributed by atoms with Crippen molar-refractivity contribution < 1.29 is 14.5 Å². The van der Waals surface area contributed by atoms with Crippen LogP contribution in [0.5, 0.6) is 0 Å². The summed E-state index contributed by atoms with van der Waals surface area (Å²) < 4.78 is 5.33. The number of para-hydroxylation sites is 2. The monoisotopic (exact) mass is 484 g/mol. The Morgan fingerprint density at radius 2 is 1.68 bits per heavy atom. The van der Waals surface area contributed by atoms with Gasteiger partial charge in [0.15, 0.2) is 5.11 Å². The number of hydrogen-bond acceptors (Lipinski definition) is 8. The summed E-state index contributed by atoms with van der Waals surface area (Å²) in [7, 11) is 2.10. The van der Waals surface area contributed by atoms with Crippen molar-refractivity contribution >= 4 is 46.0 Å². The number of rotatable bonds is 5. The molecule has 0 bridgehead atoms. The molecule has 11 heteroatoms. The molecule has 0 saturated carbocycles. The predicted molar refractivity (Wildman–Crippen MR) is 136 cm³/mol. The van der Waals surface area contributed by atoms with Crippen LogP contribution >= 0.6 is 12.2 Å². The Morgan fingerprint density at radius 1 is 1.00 bits per heavy atom. The molecule has 0 unspecified atom stereocenters. The zero-order chi connectivity index (χ0) is 24.1. The first-order valence-corrected chi connectivity index (χ1v) is 11.6. The third kappa shape index (κ3) is 5.61. The van der Waals surface area contributed by atoms with E-state index < -0.39 is 10.8 Å². The number of nitro benzene ring substituents is 1. The number of amides is 1. The van der Waals surface area contributed by atoms with E-state index in [0.717, 1.165) is 37.6 Å². The van der Waals surface area contributed by atoms with Crippen molar-refractivity contribution in [2.75, 3.05) is 74.6 Å². The van der Waals surface area contributed by atoms with Gasteiger partial charge >= 0.3 is 0 Å². The first kappa shape index (κ1) is 23.9. The number of thiocarbonyl (C=S) groups is 1. The second-order valence-corrected chi connectivity index (χ2v) is 8.68. The van der Waals surface area contributed by atoms with E-state index in [9.17, 15) is 14.9 Å². The van der Waals surface area contributed by atoms with Crippen molar-refractivity contribution in [2.45, 2.75) is 0 Å². The lowest BCUT2D eigenvalue weighted by Crippen LogP contribution is -2.45. The Bertz CT molecular complexity index is 1070. The molecule has 2 saturated heterocycles. The van der Waals surface area contributed by atoms with Gasteiger partial charge in [0, 0.05) is 50.9 Å². The van der Waals surface area contributed by atoms with E-state index in [2.05, 4.69) is 27.5 Å². The summed E-state index contributed by atoms with van der Waals surface area (Å²) in [4.78, 5) is 30.5. The highest BCUT2D eigenvalue weighted by molar-refractivity contribution is 7.80. The van der Waals surface area contributed by atoms with Crippen molar-refractivity contribution in [1.29, 1.82) is 0 Å². The zero-order valence-electron chi connectivity index (χ0n) is 19.0. The Morgan fingerprint density at radius 3 is 2.38 bits per heavy atom. The molecular formula is C23H28N6O4S. The maximum Gasteiger partial charge on any atom is 0.293 e. The van der Waals surface area contributed by atoms with Crippen LogP contribution in [0.25, 0.3) is 0 Å². The summed E-state index contributed by atoms with van der Waals surface area (Å²) in [6.07, 6.45) is 0. The van der Waals surface area contributed by atoms with Crippen molar-refractivity contribution in [2.24, 2.45) is 0 Å². The molecule has 2 fully saturated rings. The molecule has 10 nitrogen and oxygen atoms in total. The van der Waals surface area contributed by atoms with E-state index in [1.165, 1.54) is 6.07 Å². The van der Waals surface area contributed by atoms with Gasteiger partial charge in [0.2, 0.25) is 0 Å². The van der Waals surface area contributed by atoms with Gasteiger partial charge < -0.3 is 24.8 Å². The number of hydrogen-bond donors (Lipinski definition) is 2. The lowest BCUT2D eigenvalue weighted by molar-refractivity contribution is -0.384. The predicted octanol–water partition coefficient (Wildman–Crippen LogP) is 2.31. The van der Waals surface area contributed by atoms with Crippen LogP contribution in [0.3, 0.4) is 0 Å². The molecule has 180 valence electrons. The topological polar surface area (TPSA) is 103 Å². The standard InChI is InChI=1S/C23H28N6O4S/c1-26-8-10-27(11-9-26)19-5-3-2-4-18(19)24-23(34)25-22(30)17-6-7-20(21(16-17)29(31)32)28-12-14-33-15-13-28/h2-7,16H,8-15H2,1H3,(H2,24,25,30,34). The summed E-state index contributed by atoms with van der Waals surface area (Å²) >= 11 is 5.38. The van der Waals surface area contributed by atoms with Crippen LogP contribution in [0.1, 0.15) is 10.4 Å². The highest BCUT2D eigenvalue weighted by Gasteiger charge is 2.24. The molecule has 2 N–H and O–H groups in total. The number of morpholine rings is 1. The van der Waals surface area contributed by atoms with Gasteiger partial charge in [0.1, 0.15) is 5.69 Å². The number of nitro groups is 1. The lowest BCUT2D eigenvalue weighted by atomic mass is 10.1. The van der Waals surface area contributed by atoms with Crippen LogP contribution in [-0.2, 0) is 4.74 Å². The number of benzene rings is 2. The summed E-state index contributed by atoms with van der Waals surface area (Å²) in [6, 6.07) is 12.3. The fraction of sp³-hybridized carbons (Fsp3) is 0.391. The van der Waals surface area contributed by atoms with Gasteiger partial charge in [-0.3, -0.25) is 20.2 Å². The van der Waals surface area contributed by atoms with Crippen LogP contribution in [-0.4, -0.2) is 80.4 Å². The molecule has 2 aromatic rings. The maximum atomic E-state index is 12.8. The molecule has 0 atom stereocenters. The van der Waals surface area contributed by atoms with Gasteiger partial charge in [-0.1, -0.05) is 12.1 Å². The second kappa shape index (κ2) is 10.8. The Kier molecular flexibility index (Phi) is 7.56. The first-order valence-electron chi connectivity index (χ1n) is 11.2. The molecule has 2 aromatic carbocycles. The van der Waals surface area contributed by atoms with E-state index in [0.29, 0.717) is 32.0 Å². The van der Waals surface area contributed by atoms with E-state index in [4.69, 9.17) is 17.0 Å². The molecule has 0 radical (unpaired) electrons. The zero-order valence-corrected chi connectivity index (χ0v) is 19.8. The molecule has 2 aliphatic heterocycles. The third-order valence-corrected chi connectivity index (χ3v) is 6.21. The minimum Gasteiger partial charge on any atom is -0.378 e. The largest absolute Gasteiger partial charge is 0.378 e. The highest BCUT2D eigenvalue weighted by Crippen LogP contribution is 2.30. The van der Waals surface area contributed by atoms with Gasteiger partial charge in [-0.2, -0.15) is 0 Å². The van der Waals surface area contributed by atoms with Gasteiger partial charge in [0.05, 0.1) is 29.5 Å². The third-order valence-electron chi connectivity index (χ3n) is 6.01. The van der Waals surface area contributed by atoms with Crippen molar-refractivity contribution in [3.8, 4) is 0 Å². The maximum absolute atomic E-state index is 12.8. The normalized spacial score (nSPS) is 16.7. The minimum atomic E-state index is -0.508. The molecule has 4 rings (SSSR count). The fourth-order valence-corrected chi connectivity index (χ4v) is 4.32. The molecule has 1 amide bonds. The molecule has 0 spiro atoms. The lowest BCUT2D eigenvalue weighted by Gasteiger charge is -2.35. The smallest absolute Gasteiger partial charge is 0.293 e. The number of carbonyl (C=O) groups excluding carboxylic acids is 1. The Hall–Kier alpha value is -3.28. The van der Waals surface area contributed by atoms with Crippen molar-refractivity contribution in [3.05, 3.63) is 58.1 Å².